The van der Waals surface area contributed by atoms with Gasteiger partial charge in [-0.15, -0.1) is 0 Å². The van der Waals surface area contributed by atoms with E-state index in [1.165, 1.54) is 11.3 Å². The van der Waals surface area contributed by atoms with Gasteiger partial charge in [-0.3, -0.25) is 14.7 Å². The van der Waals surface area contributed by atoms with E-state index < -0.39 is 0 Å². The summed E-state index contributed by atoms with van der Waals surface area (Å²) in [5.41, 5.74) is 9.60. The van der Waals surface area contributed by atoms with Gasteiger partial charge in [-0.25, -0.2) is 0 Å². The van der Waals surface area contributed by atoms with Gasteiger partial charge in [-0.2, -0.15) is 5.10 Å². The summed E-state index contributed by atoms with van der Waals surface area (Å²) in [6.07, 6.45) is 5.55. The Morgan fingerprint density at radius 3 is 2.78 bits per heavy atom. The normalized spacial score (nSPS) is 16.6. The fraction of sp³-hybridized carbons (Fsp3) is 0.394. The van der Waals surface area contributed by atoms with Crippen LogP contribution < -0.4 is 5.32 Å². The van der Waals surface area contributed by atoms with Gasteiger partial charge >= 0.3 is 0 Å². The van der Waals surface area contributed by atoms with Crippen LogP contribution in [0.25, 0.3) is 22.3 Å². The van der Waals surface area contributed by atoms with Gasteiger partial charge in [0.2, 0.25) is 5.91 Å². The van der Waals surface area contributed by atoms with Crippen LogP contribution in [0.1, 0.15) is 77.3 Å². The summed E-state index contributed by atoms with van der Waals surface area (Å²) >= 11 is 0. The zero-order valence-electron chi connectivity index (χ0n) is 24.0. The molecule has 8 heteroatoms. The predicted molar refractivity (Wildman–Crippen MR) is 159 cm³/mol. The third-order valence-corrected chi connectivity index (χ3v) is 8.85. The second kappa shape index (κ2) is 10.7. The van der Waals surface area contributed by atoms with Crippen LogP contribution in [0.5, 0.6) is 0 Å². The number of H-pyrrole nitrogens is 2. The quantitative estimate of drug-likeness (QED) is 0.278. The Morgan fingerprint density at radius 2 is 1.98 bits per heavy atom. The molecule has 2 aliphatic rings. The molecule has 3 N–H and O–H groups in total. The Labute approximate surface area is 239 Å². The van der Waals surface area contributed by atoms with Crippen LogP contribution in [-0.2, 0) is 35.4 Å². The number of amides is 2. The monoisotopic (exact) mass is 551 g/mol. The molecule has 0 saturated heterocycles. The highest BCUT2D eigenvalue weighted by Crippen LogP contribution is 2.38. The first kappa shape index (κ1) is 27.0. The molecule has 3 heterocycles. The number of nitrogens with zero attached hydrogens (tertiary/aromatic N) is 2. The Morgan fingerprint density at radius 1 is 1.12 bits per heavy atom. The molecule has 2 amide bonds. The molecule has 1 aliphatic heterocycles. The zero-order valence-corrected chi connectivity index (χ0v) is 24.0. The van der Waals surface area contributed by atoms with Crippen LogP contribution in [0.3, 0.4) is 0 Å². The lowest BCUT2D eigenvalue weighted by molar-refractivity contribution is -0.122. The number of aromatic amines is 2. The van der Waals surface area contributed by atoms with Crippen molar-refractivity contribution in [2.24, 2.45) is 5.41 Å². The van der Waals surface area contributed by atoms with Crippen molar-refractivity contribution in [1.82, 2.24) is 25.4 Å². The van der Waals surface area contributed by atoms with Gasteiger partial charge in [0.15, 0.2) is 0 Å². The van der Waals surface area contributed by atoms with Crippen LogP contribution in [0.2, 0.25) is 0 Å². The number of aromatic nitrogens is 3. The van der Waals surface area contributed by atoms with Gasteiger partial charge in [-0.1, -0.05) is 32.0 Å². The SMILES string of the molecule is CNC(=O)C(CCC=O)c1ccc2c(c1)CCN(C(=O)c1ccc3[nH]c(-c4n[nH]c5c4CCC(C)(C)C5)cc3c1)C2. The Balaban J connectivity index is 1.20. The molecule has 1 unspecified atom stereocenters. The fourth-order valence-corrected chi connectivity index (χ4v) is 6.47. The molecule has 4 aromatic rings. The minimum absolute atomic E-state index is 0.0120. The number of nitrogens with one attached hydrogen (secondary N) is 3. The van der Waals surface area contributed by atoms with Gasteiger partial charge in [0, 0.05) is 54.3 Å². The first-order chi connectivity index (χ1) is 19.8. The minimum atomic E-state index is -0.355. The molecule has 0 saturated carbocycles. The number of likely N-dealkylation sites (N-methyl/N-ethyl adjacent to an activating group) is 1. The summed E-state index contributed by atoms with van der Waals surface area (Å²) in [5.74, 6) is -0.427. The van der Waals surface area contributed by atoms with Crippen molar-refractivity contribution in [1.29, 1.82) is 0 Å². The summed E-state index contributed by atoms with van der Waals surface area (Å²) in [6, 6.07) is 14.0. The summed E-state index contributed by atoms with van der Waals surface area (Å²) < 4.78 is 0. The summed E-state index contributed by atoms with van der Waals surface area (Å²) in [5, 5.41) is 11.6. The van der Waals surface area contributed by atoms with Crippen molar-refractivity contribution in [3.05, 3.63) is 76.0 Å². The number of carbonyl (C=O) groups excluding carboxylic acids is 3. The molecule has 2 aromatic heterocycles. The molecule has 0 fully saturated rings. The van der Waals surface area contributed by atoms with Crippen molar-refractivity contribution in [2.45, 2.75) is 64.8 Å². The van der Waals surface area contributed by atoms with Gasteiger partial charge < -0.3 is 20.0 Å². The summed E-state index contributed by atoms with van der Waals surface area (Å²) in [6.45, 7) is 5.74. The number of hydrogen-bond donors (Lipinski definition) is 3. The van der Waals surface area contributed by atoms with E-state index in [4.69, 9.17) is 0 Å². The Bertz CT molecular complexity index is 1650. The molecule has 2 aromatic carbocycles. The number of fused-ring (bicyclic) bond motifs is 3. The molecule has 0 radical (unpaired) electrons. The molecule has 0 bridgehead atoms. The van der Waals surface area contributed by atoms with E-state index >= 15 is 0 Å². The molecule has 41 heavy (non-hydrogen) atoms. The second-order valence-electron chi connectivity index (χ2n) is 12.3. The van der Waals surface area contributed by atoms with Gasteiger partial charge in [0.25, 0.3) is 5.91 Å². The molecule has 6 rings (SSSR count). The number of benzene rings is 2. The Kier molecular flexibility index (Phi) is 7.01. The van der Waals surface area contributed by atoms with E-state index in [1.807, 2.05) is 35.2 Å². The highest BCUT2D eigenvalue weighted by Gasteiger charge is 2.30. The van der Waals surface area contributed by atoms with E-state index in [1.54, 1.807) is 7.05 Å². The lowest BCUT2D eigenvalue weighted by atomic mass is 9.76. The molecule has 1 aliphatic carbocycles. The largest absolute Gasteiger partial charge is 0.359 e. The lowest BCUT2D eigenvalue weighted by Crippen LogP contribution is -2.36. The van der Waals surface area contributed by atoms with Crippen molar-refractivity contribution in [3.63, 3.8) is 0 Å². The van der Waals surface area contributed by atoms with Gasteiger partial charge in [-0.05, 0) is 78.5 Å². The number of hydrogen-bond acceptors (Lipinski definition) is 4. The minimum Gasteiger partial charge on any atom is -0.359 e. The third-order valence-electron chi connectivity index (χ3n) is 8.85. The first-order valence-electron chi connectivity index (χ1n) is 14.5. The highest BCUT2D eigenvalue weighted by molar-refractivity contribution is 5.99. The summed E-state index contributed by atoms with van der Waals surface area (Å²) in [4.78, 5) is 42.4. The van der Waals surface area contributed by atoms with Crippen LogP contribution in [-0.4, -0.2) is 51.8 Å². The zero-order chi connectivity index (χ0) is 28.7. The predicted octanol–water partition coefficient (Wildman–Crippen LogP) is 5.08. The van der Waals surface area contributed by atoms with Gasteiger partial charge in [0.05, 0.1) is 11.6 Å². The van der Waals surface area contributed by atoms with E-state index in [0.29, 0.717) is 31.5 Å². The van der Waals surface area contributed by atoms with E-state index in [-0.39, 0.29) is 23.1 Å². The number of aldehydes is 1. The lowest BCUT2D eigenvalue weighted by Gasteiger charge is -2.30. The number of carbonyl (C=O) groups is 3. The molecule has 1 atom stereocenters. The second-order valence-corrected chi connectivity index (χ2v) is 12.3. The van der Waals surface area contributed by atoms with E-state index in [9.17, 15) is 14.4 Å². The molecule has 212 valence electrons. The fourth-order valence-electron chi connectivity index (χ4n) is 6.47. The van der Waals surface area contributed by atoms with Crippen LogP contribution >= 0.6 is 0 Å². The molecular formula is C33H37N5O3. The maximum atomic E-state index is 13.6. The highest BCUT2D eigenvalue weighted by atomic mass is 16.2. The molecular weight excluding hydrogens is 514 g/mol. The molecule has 0 spiro atoms. The number of rotatable bonds is 7. The Hall–Kier alpha value is -4.20. The summed E-state index contributed by atoms with van der Waals surface area (Å²) in [7, 11) is 1.62. The van der Waals surface area contributed by atoms with Crippen LogP contribution in [0.15, 0.2) is 42.5 Å². The maximum absolute atomic E-state index is 13.6. The van der Waals surface area contributed by atoms with Gasteiger partial charge in [0.1, 0.15) is 12.0 Å². The van der Waals surface area contributed by atoms with Crippen LogP contribution in [0.4, 0.5) is 0 Å². The molecule has 8 nitrogen and oxygen atoms in total. The smallest absolute Gasteiger partial charge is 0.254 e. The third kappa shape index (κ3) is 5.19. The standard InChI is InChI=1S/C33H37N5O3/c1-33(2)12-10-26-29(18-33)36-37-30(26)28-17-24-16-22(8-9-27(24)35-28)32(41)38-13-11-20-15-21(6-7-23(20)19-38)25(5-4-14-39)31(40)34-3/h6-9,14-17,25,35H,4-5,10-13,18-19H2,1-3H3,(H,34,40)(H,36,37). The van der Waals surface area contributed by atoms with Crippen molar-refractivity contribution < 1.29 is 14.4 Å². The van der Waals surface area contributed by atoms with Crippen molar-refractivity contribution >= 4 is 29.0 Å². The first-order valence-corrected chi connectivity index (χ1v) is 14.5. The van der Waals surface area contributed by atoms with Crippen molar-refractivity contribution in [2.75, 3.05) is 13.6 Å². The van der Waals surface area contributed by atoms with Crippen molar-refractivity contribution in [3.8, 4) is 11.4 Å². The topological polar surface area (TPSA) is 111 Å². The maximum Gasteiger partial charge on any atom is 0.254 e. The van der Waals surface area contributed by atoms with E-state index in [0.717, 1.165) is 71.0 Å². The van der Waals surface area contributed by atoms with Crippen LogP contribution in [0, 0.1) is 5.41 Å². The average Bonchev–Trinajstić information content (AvgIpc) is 3.58. The average molecular weight is 552 g/mol. The van der Waals surface area contributed by atoms with E-state index in [2.05, 4.69) is 46.5 Å².